The van der Waals surface area contributed by atoms with E-state index in [1.54, 1.807) is 18.4 Å². The van der Waals surface area contributed by atoms with Crippen molar-refractivity contribution in [3.05, 3.63) is 57.9 Å². The molecule has 2 aliphatic rings. The monoisotopic (exact) mass is 348 g/mol. The molecule has 1 unspecified atom stereocenters. The molecule has 0 N–H and O–H groups in total. The van der Waals surface area contributed by atoms with Crippen LogP contribution in [-0.2, 0) is 4.57 Å². The Bertz CT molecular complexity index is 753. The third-order valence-electron chi connectivity index (χ3n) is 4.16. The van der Waals surface area contributed by atoms with Gasteiger partial charge in [0.1, 0.15) is 0 Å². The molecule has 0 amide bonds. The van der Waals surface area contributed by atoms with E-state index < -0.39 is 7.29 Å². The molecule has 0 radical (unpaired) electrons. The van der Waals surface area contributed by atoms with Gasteiger partial charge in [0.2, 0.25) is 12.4 Å². The molecule has 4 nitrogen and oxygen atoms in total. The number of fused-ring (bicyclic) bond motifs is 1. The van der Waals surface area contributed by atoms with Crippen molar-refractivity contribution in [2.24, 2.45) is 0 Å². The average Bonchev–Trinajstić information content (AvgIpc) is 2.52. The predicted octanol–water partition coefficient (Wildman–Crippen LogP) is 4.49. The minimum absolute atomic E-state index is 0.0702. The van der Waals surface area contributed by atoms with Crippen LogP contribution in [0.15, 0.2) is 57.6 Å². The lowest BCUT2D eigenvalue weighted by atomic mass is 10.1. The summed E-state index contributed by atoms with van der Waals surface area (Å²) in [5.41, 5.74) is 0.658. The molecule has 0 bridgehead atoms. The minimum atomic E-state index is -2.70. The highest BCUT2D eigenvalue weighted by molar-refractivity contribution is 8.03. The zero-order valence-electron chi connectivity index (χ0n) is 13.6. The molecule has 0 aromatic heterocycles. The number of hydrogen-bond donors (Lipinski definition) is 0. The Kier molecular flexibility index (Phi) is 4.54. The molecule has 3 rings (SSSR count). The van der Waals surface area contributed by atoms with Gasteiger partial charge in [-0.1, -0.05) is 36.0 Å². The Hall–Kier alpha value is -1.29. The van der Waals surface area contributed by atoms with Crippen molar-refractivity contribution in [3.63, 3.8) is 0 Å². The Morgan fingerprint density at radius 3 is 2.65 bits per heavy atom. The summed E-state index contributed by atoms with van der Waals surface area (Å²) in [6, 6.07) is 10.2. The van der Waals surface area contributed by atoms with Crippen LogP contribution in [0.4, 0.5) is 0 Å². The number of nitrogens with zero attached hydrogens (tertiary/aromatic N) is 2. The van der Waals surface area contributed by atoms with Crippen LogP contribution in [0.5, 0.6) is 0 Å². The Balaban J connectivity index is 1.96. The van der Waals surface area contributed by atoms with E-state index in [2.05, 4.69) is 12.1 Å². The second kappa shape index (κ2) is 6.31. The highest BCUT2D eigenvalue weighted by atomic mass is 32.2. The molecule has 1 aromatic carbocycles. The maximum absolute atomic E-state index is 13.4. The van der Waals surface area contributed by atoms with Gasteiger partial charge in [-0.25, -0.2) is 0 Å². The van der Waals surface area contributed by atoms with E-state index in [0.717, 1.165) is 14.5 Å². The SMILES string of the molecule is CC(C)N1C[N+]([O-])=C2CC=C(Sc3ccccc3)C=C2P1(C)=O. The fraction of sp³-hybridized carbons (Fsp3) is 0.353. The molecule has 0 fully saturated rings. The number of hydroxylamine groups is 1. The third-order valence-corrected chi connectivity index (χ3v) is 8.04. The lowest BCUT2D eigenvalue weighted by Crippen LogP contribution is -2.41. The molecule has 1 atom stereocenters. The van der Waals surface area contributed by atoms with Gasteiger partial charge in [-0.3, -0.25) is 0 Å². The summed E-state index contributed by atoms with van der Waals surface area (Å²) in [5, 5.41) is 13.1. The van der Waals surface area contributed by atoms with Crippen LogP contribution in [0.2, 0.25) is 0 Å². The summed E-state index contributed by atoms with van der Waals surface area (Å²) >= 11 is 1.64. The van der Waals surface area contributed by atoms with Crippen LogP contribution >= 0.6 is 19.1 Å². The molecule has 1 aliphatic heterocycles. The first kappa shape index (κ1) is 16.6. The van der Waals surface area contributed by atoms with Crippen molar-refractivity contribution in [1.29, 1.82) is 0 Å². The molecule has 122 valence electrons. The van der Waals surface area contributed by atoms with Crippen LogP contribution in [0.1, 0.15) is 20.3 Å². The van der Waals surface area contributed by atoms with Gasteiger partial charge in [-0.2, -0.15) is 9.41 Å². The quantitative estimate of drug-likeness (QED) is 0.459. The molecule has 6 heteroatoms. The van der Waals surface area contributed by atoms with Crippen molar-refractivity contribution < 1.29 is 9.30 Å². The summed E-state index contributed by atoms with van der Waals surface area (Å²) in [5.74, 6) is 0. The molecule has 1 aliphatic carbocycles. The first-order chi connectivity index (χ1) is 10.9. The van der Waals surface area contributed by atoms with Gasteiger partial charge in [-0.05, 0) is 32.1 Å². The van der Waals surface area contributed by atoms with Crippen molar-refractivity contribution in [3.8, 4) is 0 Å². The lowest BCUT2D eigenvalue weighted by molar-refractivity contribution is -0.479. The number of benzene rings is 1. The van der Waals surface area contributed by atoms with E-state index in [0.29, 0.717) is 17.4 Å². The lowest BCUT2D eigenvalue weighted by Gasteiger charge is -2.37. The zero-order valence-corrected chi connectivity index (χ0v) is 15.3. The van der Waals surface area contributed by atoms with Gasteiger partial charge in [-0.15, -0.1) is 0 Å². The third kappa shape index (κ3) is 3.18. The topological polar surface area (TPSA) is 46.4 Å². The second-order valence-electron chi connectivity index (χ2n) is 6.13. The normalized spacial score (nSPS) is 25.2. The highest BCUT2D eigenvalue weighted by Gasteiger charge is 2.43. The van der Waals surface area contributed by atoms with Gasteiger partial charge >= 0.3 is 0 Å². The maximum atomic E-state index is 13.4. The largest absolute Gasteiger partial charge is 0.623 e. The highest BCUT2D eigenvalue weighted by Crippen LogP contribution is 2.58. The summed E-state index contributed by atoms with van der Waals surface area (Å²) in [6.45, 7) is 5.93. The first-order valence-corrected chi connectivity index (χ1v) is 10.6. The zero-order chi connectivity index (χ0) is 16.6. The van der Waals surface area contributed by atoms with Gasteiger partial charge in [0.25, 0.3) is 0 Å². The fourth-order valence-corrected chi connectivity index (χ4v) is 6.51. The van der Waals surface area contributed by atoms with Crippen molar-refractivity contribution in [1.82, 2.24) is 4.67 Å². The fourth-order valence-electron chi connectivity index (χ4n) is 2.94. The van der Waals surface area contributed by atoms with Crippen LogP contribution in [0.3, 0.4) is 0 Å². The summed E-state index contributed by atoms with van der Waals surface area (Å²) in [6.07, 6.45) is 4.54. The standard InChI is InChI=1S/C17H21N2O2PS/c1-13(2)19-12-18(20)16-10-9-15(11-17(16)22(19,3)21)23-14-7-5-4-6-8-14/h4-9,11,13H,10,12H2,1-3H3. The van der Waals surface area contributed by atoms with Crippen LogP contribution in [0.25, 0.3) is 0 Å². The van der Waals surface area contributed by atoms with E-state index in [1.807, 2.05) is 48.9 Å². The maximum Gasteiger partial charge on any atom is 0.215 e. The predicted molar refractivity (Wildman–Crippen MR) is 97.1 cm³/mol. The molecular formula is C17H21N2O2PS. The Morgan fingerprint density at radius 2 is 2.00 bits per heavy atom. The Labute approximate surface area is 141 Å². The molecule has 0 saturated carbocycles. The second-order valence-corrected chi connectivity index (χ2v) is 10.0. The number of thioether (sulfide) groups is 1. The van der Waals surface area contributed by atoms with E-state index in [4.69, 9.17) is 0 Å². The number of allylic oxidation sites excluding steroid dienone is 3. The molecule has 0 saturated heterocycles. The van der Waals surface area contributed by atoms with Crippen molar-refractivity contribution in [2.75, 3.05) is 13.3 Å². The molecule has 1 heterocycles. The molecule has 23 heavy (non-hydrogen) atoms. The summed E-state index contributed by atoms with van der Waals surface area (Å²) < 4.78 is 16.2. The minimum Gasteiger partial charge on any atom is -0.623 e. The Morgan fingerprint density at radius 1 is 1.30 bits per heavy atom. The van der Waals surface area contributed by atoms with Crippen LogP contribution < -0.4 is 0 Å². The molecule has 0 spiro atoms. The number of rotatable bonds is 3. The van der Waals surface area contributed by atoms with Crippen LogP contribution in [-0.4, -0.2) is 34.5 Å². The number of hydrogen-bond acceptors (Lipinski definition) is 3. The van der Waals surface area contributed by atoms with Gasteiger partial charge in [0.05, 0.1) is 11.7 Å². The van der Waals surface area contributed by atoms with E-state index in [1.165, 1.54) is 0 Å². The summed E-state index contributed by atoms with van der Waals surface area (Å²) in [7, 11) is -2.70. The van der Waals surface area contributed by atoms with E-state index >= 15 is 0 Å². The first-order valence-electron chi connectivity index (χ1n) is 7.70. The van der Waals surface area contributed by atoms with Gasteiger partial charge in [0.15, 0.2) is 7.29 Å². The smallest absolute Gasteiger partial charge is 0.215 e. The molecular weight excluding hydrogens is 327 g/mol. The molecule has 1 aromatic rings. The van der Waals surface area contributed by atoms with Crippen molar-refractivity contribution >= 4 is 24.8 Å². The van der Waals surface area contributed by atoms with Gasteiger partial charge < -0.3 is 9.77 Å². The summed E-state index contributed by atoms with van der Waals surface area (Å²) in [4.78, 5) is 2.19. The van der Waals surface area contributed by atoms with Crippen molar-refractivity contribution in [2.45, 2.75) is 31.2 Å². The van der Waals surface area contributed by atoms with Crippen LogP contribution in [0, 0.1) is 5.21 Å². The van der Waals surface area contributed by atoms with E-state index in [9.17, 15) is 9.77 Å². The average molecular weight is 348 g/mol. The van der Waals surface area contributed by atoms with E-state index in [-0.39, 0.29) is 12.7 Å². The van der Waals surface area contributed by atoms with Gasteiger partial charge in [0, 0.05) is 22.5 Å².